The van der Waals surface area contributed by atoms with Crippen molar-refractivity contribution >= 4 is 30.1 Å². The van der Waals surface area contributed by atoms with E-state index in [4.69, 9.17) is 4.74 Å². The summed E-state index contributed by atoms with van der Waals surface area (Å²) in [6, 6.07) is 5.78. The second-order valence-corrected chi connectivity index (χ2v) is 12.3. The van der Waals surface area contributed by atoms with Gasteiger partial charge < -0.3 is 19.1 Å². The van der Waals surface area contributed by atoms with Crippen LogP contribution in [0.15, 0.2) is 29.4 Å². The van der Waals surface area contributed by atoms with Gasteiger partial charge in [0.25, 0.3) is 0 Å². The summed E-state index contributed by atoms with van der Waals surface area (Å²) in [7, 11) is 3.65. The summed E-state index contributed by atoms with van der Waals surface area (Å²) >= 11 is 1.74. The summed E-state index contributed by atoms with van der Waals surface area (Å²) < 4.78 is 45.8. The zero-order valence-electron chi connectivity index (χ0n) is 23.2. The Balaban J connectivity index is 0.00000370. The average molecular weight is 602 g/mol. The van der Waals surface area contributed by atoms with Crippen LogP contribution in [-0.4, -0.2) is 82.7 Å². The molecule has 3 heterocycles. The number of hydrogen-bond acceptors (Lipinski definition) is 6. The number of amides is 1. The minimum absolute atomic E-state index is 0. The maximum absolute atomic E-state index is 12.9. The molecule has 0 bridgehead atoms. The summed E-state index contributed by atoms with van der Waals surface area (Å²) in [5.41, 5.74) is 0.717. The van der Waals surface area contributed by atoms with Crippen LogP contribution in [-0.2, 0) is 22.8 Å². The number of likely N-dealkylation sites (tertiary alicyclic amines) is 2. The number of alkyl halides is 3. The van der Waals surface area contributed by atoms with Gasteiger partial charge in [-0.25, -0.2) is 0 Å². The van der Waals surface area contributed by atoms with Crippen molar-refractivity contribution in [1.29, 1.82) is 0 Å². The predicted molar refractivity (Wildman–Crippen MR) is 151 cm³/mol. The molecule has 1 saturated carbocycles. The highest BCUT2D eigenvalue weighted by atomic mass is 35.5. The van der Waals surface area contributed by atoms with Crippen molar-refractivity contribution in [3.63, 3.8) is 0 Å². The number of rotatable bonds is 10. The van der Waals surface area contributed by atoms with Gasteiger partial charge in [-0.05, 0) is 74.2 Å². The third kappa shape index (κ3) is 6.97. The Kier molecular flexibility index (Phi) is 10.1. The van der Waals surface area contributed by atoms with Gasteiger partial charge in [-0.3, -0.25) is 4.79 Å². The van der Waals surface area contributed by atoms with E-state index >= 15 is 0 Å². The van der Waals surface area contributed by atoms with Crippen LogP contribution in [0, 0.1) is 5.41 Å². The largest absolute Gasteiger partial charge is 0.416 e. The Bertz CT molecular complexity index is 1140. The Morgan fingerprint density at radius 3 is 2.55 bits per heavy atom. The molecule has 3 fully saturated rings. The molecule has 1 spiro atoms. The highest BCUT2D eigenvalue weighted by Gasteiger charge is 2.57. The van der Waals surface area contributed by atoms with E-state index in [1.807, 2.05) is 11.9 Å². The first-order valence-corrected chi connectivity index (χ1v) is 14.9. The minimum Gasteiger partial charge on any atom is -0.384 e. The fourth-order valence-corrected chi connectivity index (χ4v) is 7.18. The van der Waals surface area contributed by atoms with E-state index in [0.717, 1.165) is 87.1 Å². The number of thioether (sulfide) groups is 1. The normalized spacial score (nSPS) is 23.5. The number of aromatic nitrogens is 3. The highest BCUT2D eigenvalue weighted by molar-refractivity contribution is 7.99. The van der Waals surface area contributed by atoms with E-state index in [0.29, 0.717) is 24.9 Å². The summed E-state index contributed by atoms with van der Waals surface area (Å²) in [5.74, 6) is 2.83. The SMILES string of the molecule is COCCC(=O)N1CCC(c2nnc(SCCCN3CC[C@]4(C[C@@H]4c4ccc(C(F)(F)F)cc4)C3)n2C)CC1.Cl. The second kappa shape index (κ2) is 13.0. The Morgan fingerprint density at radius 2 is 1.88 bits per heavy atom. The average Bonchev–Trinajstić information content (AvgIpc) is 3.27. The molecule has 12 heteroatoms. The lowest BCUT2D eigenvalue weighted by atomic mass is 9.96. The molecule has 3 aliphatic rings. The molecule has 40 heavy (non-hydrogen) atoms. The molecule has 0 unspecified atom stereocenters. The monoisotopic (exact) mass is 601 g/mol. The number of hydrogen-bond donors (Lipinski definition) is 0. The van der Waals surface area contributed by atoms with Gasteiger partial charge in [-0.1, -0.05) is 23.9 Å². The van der Waals surface area contributed by atoms with Crippen LogP contribution in [0.2, 0.25) is 0 Å². The molecule has 1 aromatic carbocycles. The minimum atomic E-state index is -4.28. The number of methoxy groups -OCH3 is 1. The first kappa shape index (κ1) is 31.1. The Hall–Kier alpha value is -1.82. The fraction of sp³-hybridized carbons (Fsp3) is 0.679. The van der Waals surface area contributed by atoms with Crippen LogP contribution in [0.3, 0.4) is 0 Å². The van der Waals surface area contributed by atoms with Crippen molar-refractivity contribution in [2.75, 3.05) is 52.2 Å². The molecule has 1 amide bonds. The van der Waals surface area contributed by atoms with Gasteiger partial charge in [-0.15, -0.1) is 22.6 Å². The molecule has 222 valence electrons. The van der Waals surface area contributed by atoms with Gasteiger partial charge in [0.1, 0.15) is 5.82 Å². The fourth-order valence-electron chi connectivity index (χ4n) is 6.34. The van der Waals surface area contributed by atoms with Crippen molar-refractivity contribution in [3.05, 3.63) is 41.2 Å². The zero-order valence-corrected chi connectivity index (χ0v) is 24.8. The third-order valence-corrected chi connectivity index (χ3v) is 9.85. The van der Waals surface area contributed by atoms with Gasteiger partial charge in [0.05, 0.1) is 18.6 Å². The number of piperidine rings is 1. The zero-order chi connectivity index (χ0) is 27.6. The molecule has 7 nitrogen and oxygen atoms in total. The number of halogens is 4. The number of carbonyl (C=O) groups is 1. The van der Waals surface area contributed by atoms with Crippen molar-refractivity contribution < 1.29 is 22.7 Å². The molecule has 2 aliphatic heterocycles. The van der Waals surface area contributed by atoms with E-state index in [1.54, 1.807) is 31.0 Å². The molecule has 2 saturated heterocycles. The van der Waals surface area contributed by atoms with E-state index in [1.165, 1.54) is 12.1 Å². The quantitative estimate of drug-likeness (QED) is 0.270. The molecule has 0 radical (unpaired) electrons. The Labute approximate surface area is 244 Å². The third-order valence-electron chi connectivity index (χ3n) is 8.75. The van der Waals surface area contributed by atoms with Gasteiger partial charge >= 0.3 is 6.18 Å². The van der Waals surface area contributed by atoms with Gasteiger partial charge in [0.2, 0.25) is 5.91 Å². The highest BCUT2D eigenvalue weighted by Crippen LogP contribution is 2.64. The van der Waals surface area contributed by atoms with Gasteiger partial charge in [0, 0.05) is 45.5 Å². The van der Waals surface area contributed by atoms with Crippen molar-refractivity contribution in [1.82, 2.24) is 24.6 Å². The first-order chi connectivity index (χ1) is 18.7. The summed E-state index contributed by atoms with van der Waals surface area (Å²) in [4.78, 5) is 16.7. The predicted octanol–water partition coefficient (Wildman–Crippen LogP) is 5.36. The topological polar surface area (TPSA) is 63.5 Å². The maximum Gasteiger partial charge on any atom is 0.416 e. The molecule has 2 atom stereocenters. The van der Waals surface area contributed by atoms with Gasteiger partial charge in [-0.2, -0.15) is 13.2 Å². The van der Waals surface area contributed by atoms with E-state index in [2.05, 4.69) is 19.7 Å². The lowest BCUT2D eigenvalue weighted by molar-refractivity contribution is -0.137. The molecule has 0 N–H and O–H groups in total. The van der Waals surface area contributed by atoms with Crippen molar-refractivity contribution in [2.45, 2.75) is 61.7 Å². The van der Waals surface area contributed by atoms with E-state index in [-0.39, 0.29) is 23.7 Å². The van der Waals surface area contributed by atoms with Crippen molar-refractivity contribution in [2.24, 2.45) is 12.5 Å². The number of nitrogens with zero attached hydrogens (tertiary/aromatic N) is 5. The number of ether oxygens (including phenoxy) is 1. The van der Waals surface area contributed by atoms with Crippen LogP contribution in [0.1, 0.15) is 67.3 Å². The van der Waals surface area contributed by atoms with Crippen LogP contribution < -0.4 is 0 Å². The molecular formula is C28H39ClF3N5O2S. The lowest BCUT2D eigenvalue weighted by Crippen LogP contribution is -2.38. The van der Waals surface area contributed by atoms with Crippen LogP contribution >= 0.6 is 24.2 Å². The van der Waals surface area contributed by atoms with E-state index in [9.17, 15) is 18.0 Å². The van der Waals surface area contributed by atoms with E-state index < -0.39 is 11.7 Å². The first-order valence-electron chi connectivity index (χ1n) is 13.9. The van der Waals surface area contributed by atoms with Gasteiger partial charge in [0.15, 0.2) is 5.16 Å². The summed E-state index contributed by atoms with van der Waals surface area (Å²) in [6.45, 7) is 5.07. The smallest absolute Gasteiger partial charge is 0.384 e. The molecule has 5 rings (SSSR count). The van der Waals surface area contributed by atoms with Crippen LogP contribution in [0.25, 0.3) is 0 Å². The summed E-state index contributed by atoms with van der Waals surface area (Å²) in [5, 5.41) is 9.88. The van der Waals surface area contributed by atoms with Crippen LogP contribution in [0.5, 0.6) is 0 Å². The molecule has 1 aromatic heterocycles. The second-order valence-electron chi connectivity index (χ2n) is 11.3. The standard InChI is InChI=1S/C28H38F3N5O2S.ClH/c1-34-25(21-8-13-36(14-9-21)24(37)10-16-38-2)32-33-26(34)39-17-3-12-35-15-11-27(19-35)18-23(27)20-4-6-22(7-5-20)28(29,30)31;/h4-7,21,23H,3,8-19H2,1-2H3;1H/t23-,27+;/m1./s1. The van der Waals surface area contributed by atoms with Crippen LogP contribution in [0.4, 0.5) is 13.2 Å². The molecular weight excluding hydrogens is 563 g/mol. The maximum atomic E-state index is 12.9. The number of carbonyl (C=O) groups excluding carboxylic acids is 1. The lowest BCUT2D eigenvalue weighted by Gasteiger charge is -2.31. The Morgan fingerprint density at radius 1 is 1.15 bits per heavy atom. The molecule has 1 aliphatic carbocycles. The number of benzene rings is 1. The summed E-state index contributed by atoms with van der Waals surface area (Å²) in [6.07, 6.45) is 1.21. The molecule has 2 aromatic rings. The van der Waals surface area contributed by atoms with Crippen molar-refractivity contribution in [3.8, 4) is 0 Å².